The summed E-state index contributed by atoms with van der Waals surface area (Å²) < 4.78 is 1.79. The lowest BCUT2D eigenvalue weighted by atomic mass is 9.97. The standard InChI is InChI=1S/C16H26N4O/c1-13-5-3-4-8-20(13)15-11-19(12-15)16(21)7-6-14-9-17-18(2)10-14/h9-10,13,15H,3-8,11-12H2,1-2H3/t13-/m0/s1. The van der Waals surface area contributed by atoms with Crippen LogP contribution in [0.3, 0.4) is 0 Å². The second-order valence-electron chi connectivity index (χ2n) is 6.56. The summed E-state index contributed by atoms with van der Waals surface area (Å²) in [6, 6.07) is 1.29. The predicted molar refractivity (Wildman–Crippen MR) is 81.9 cm³/mol. The molecule has 0 saturated carbocycles. The number of nitrogens with zero attached hydrogens (tertiary/aromatic N) is 4. The number of aromatic nitrogens is 2. The third-order valence-electron chi connectivity index (χ3n) is 4.92. The lowest BCUT2D eigenvalue weighted by Crippen LogP contribution is -2.63. The Labute approximate surface area is 126 Å². The van der Waals surface area contributed by atoms with E-state index in [4.69, 9.17) is 0 Å². The molecular weight excluding hydrogens is 264 g/mol. The van der Waals surface area contributed by atoms with Gasteiger partial charge in [-0.05, 0) is 38.3 Å². The Morgan fingerprint density at radius 2 is 2.19 bits per heavy atom. The van der Waals surface area contributed by atoms with Gasteiger partial charge in [0, 0.05) is 44.8 Å². The number of amides is 1. The van der Waals surface area contributed by atoms with E-state index >= 15 is 0 Å². The summed E-state index contributed by atoms with van der Waals surface area (Å²) in [5, 5.41) is 4.14. The van der Waals surface area contributed by atoms with E-state index in [9.17, 15) is 4.79 Å². The highest BCUT2D eigenvalue weighted by Gasteiger charge is 2.36. The Kier molecular flexibility index (Phi) is 4.29. The van der Waals surface area contributed by atoms with Crippen LogP contribution in [-0.4, -0.2) is 57.2 Å². The fourth-order valence-electron chi connectivity index (χ4n) is 3.54. The molecule has 2 fully saturated rings. The molecule has 2 aliphatic heterocycles. The van der Waals surface area contributed by atoms with E-state index in [-0.39, 0.29) is 0 Å². The Hall–Kier alpha value is -1.36. The highest BCUT2D eigenvalue weighted by Crippen LogP contribution is 2.24. The normalized spacial score (nSPS) is 24.1. The van der Waals surface area contributed by atoms with E-state index in [1.54, 1.807) is 4.68 Å². The van der Waals surface area contributed by atoms with Crippen molar-refractivity contribution in [1.82, 2.24) is 19.6 Å². The van der Waals surface area contributed by atoms with Crippen molar-refractivity contribution in [2.75, 3.05) is 19.6 Å². The summed E-state index contributed by atoms with van der Waals surface area (Å²) in [7, 11) is 1.91. The SMILES string of the molecule is C[C@H]1CCCCN1C1CN(C(=O)CCc2cnn(C)c2)C1. The molecule has 3 rings (SSSR count). The first-order valence-corrected chi connectivity index (χ1v) is 8.14. The maximum absolute atomic E-state index is 12.2. The molecule has 0 spiro atoms. The van der Waals surface area contributed by atoms with Crippen LogP contribution in [0.5, 0.6) is 0 Å². The second kappa shape index (κ2) is 6.18. The third-order valence-corrected chi connectivity index (χ3v) is 4.92. The number of hydrogen-bond donors (Lipinski definition) is 0. The van der Waals surface area contributed by atoms with Gasteiger partial charge in [0.25, 0.3) is 0 Å². The topological polar surface area (TPSA) is 41.4 Å². The first-order chi connectivity index (χ1) is 10.1. The van der Waals surface area contributed by atoms with Crippen molar-refractivity contribution in [3.63, 3.8) is 0 Å². The first kappa shape index (κ1) is 14.6. The third kappa shape index (κ3) is 3.28. The fourth-order valence-corrected chi connectivity index (χ4v) is 3.54. The lowest BCUT2D eigenvalue weighted by Gasteiger charge is -2.49. The highest BCUT2D eigenvalue weighted by molar-refractivity contribution is 5.77. The average molecular weight is 290 g/mol. The molecule has 5 nitrogen and oxygen atoms in total. The Morgan fingerprint density at radius 1 is 1.38 bits per heavy atom. The smallest absolute Gasteiger partial charge is 0.223 e. The van der Waals surface area contributed by atoms with Crippen molar-refractivity contribution >= 4 is 5.91 Å². The van der Waals surface area contributed by atoms with Gasteiger partial charge >= 0.3 is 0 Å². The molecule has 0 aromatic carbocycles. The number of hydrogen-bond acceptors (Lipinski definition) is 3. The Bertz CT molecular complexity index is 492. The minimum absolute atomic E-state index is 0.291. The van der Waals surface area contributed by atoms with Crippen LogP contribution in [0.25, 0.3) is 0 Å². The van der Waals surface area contributed by atoms with Gasteiger partial charge in [-0.15, -0.1) is 0 Å². The van der Waals surface area contributed by atoms with Gasteiger partial charge in [-0.25, -0.2) is 0 Å². The van der Waals surface area contributed by atoms with Crippen molar-refractivity contribution in [2.45, 2.75) is 51.1 Å². The van der Waals surface area contributed by atoms with Gasteiger partial charge in [0.15, 0.2) is 0 Å². The number of carbonyl (C=O) groups is 1. The van der Waals surface area contributed by atoms with Crippen molar-refractivity contribution in [1.29, 1.82) is 0 Å². The summed E-state index contributed by atoms with van der Waals surface area (Å²) in [5.41, 5.74) is 1.15. The van der Waals surface area contributed by atoms with Gasteiger partial charge < -0.3 is 4.90 Å². The summed E-state index contributed by atoms with van der Waals surface area (Å²) in [6.07, 6.45) is 9.23. The number of carbonyl (C=O) groups excluding carboxylic acids is 1. The number of aryl methyl sites for hydroxylation is 2. The largest absolute Gasteiger partial charge is 0.339 e. The lowest BCUT2D eigenvalue weighted by molar-refractivity contribution is -0.139. The van der Waals surface area contributed by atoms with Crippen LogP contribution in [0.1, 0.15) is 38.2 Å². The molecule has 3 heterocycles. The number of likely N-dealkylation sites (tertiary alicyclic amines) is 2. The summed E-state index contributed by atoms with van der Waals surface area (Å²) in [4.78, 5) is 16.8. The molecule has 2 aliphatic rings. The predicted octanol–water partition coefficient (Wildman–Crippen LogP) is 1.44. The summed E-state index contributed by atoms with van der Waals surface area (Å²) in [6.45, 7) is 5.39. The maximum atomic E-state index is 12.2. The Balaban J connectivity index is 1.42. The van der Waals surface area contributed by atoms with E-state index in [0.717, 1.165) is 25.1 Å². The van der Waals surface area contributed by atoms with E-state index in [1.165, 1.54) is 25.8 Å². The van der Waals surface area contributed by atoms with E-state index < -0.39 is 0 Å². The molecule has 1 aromatic rings. The van der Waals surface area contributed by atoms with Crippen LogP contribution < -0.4 is 0 Å². The molecule has 1 amide bonds. The molecule has 1 aromatic heterocycles. The van der Waals surface area contributed by atoms with Gasteiger partial charge in [0.05, 0.1) is 6.20 Å². The molecule has 5 heteroatoms. The molecular formula is C16H26N4O. The minimum Gasteiger partial charge on any atom is -0.339 e. The molecule has 0 radical (unpaired) electrons. The highest BCUT2D eigenvalue weighted by atomic mass is 16.2. The number of rotatable bonds is 4. The van der Waals surface area contributed by atoms with Crippen molar-refractivity contribution < 1.29 is 4.79 Å². The van der Waals surface area contributed by atoms with Gasteiger partial charge in [-0.1, -0.05) is 6.42 Å². The van der Waals surface area contributed by atoms with E-state index in [0.29, 0.717) is 24.4 Å². The van der Waals surface area contributed by atoms with Gasteiger partial charge in [-0.2, -0.15) is 5.10 Å². The zero-order chi connectivity index (χ0) is 14.8. The number of piperidine rings is 1. The maximum Gasteiger partial charge on any atom is 0.223 e. The quantitative estimate of drug-likeness (QED) is 0.842. The second-order valence-corrected chi connectivity index (χ2v) is 6.56. The van der Waals surface area contributed by atoms with Crippen molar-refractivity contribution in [3.05, 3.63) is 18.0 Å². The van der Waals surface area contributed by atoms with Crippen molar-refractivity contribution in [3.8, 4) is 0 Å². The molecule has 21 heavy (non-hydrogen) atoms. The van der Waals surface area contributed by atoms with Gasteiger partial charge in [0.1, 0.15) is 0 Å². The van der Waals surface area contributed by atoms with Crippen LogP contribution >= 0.6 is 0 Å². The monoisotopic (exact) mass is 290 g/mol. The van der Waals surface area contributed by atoms with Crippen LogP contribution in [0, 0.1) is 0 Å². The summed E-state index contributed by atoms with van der Waals surface area (Å²) >= 11 is 0. The molecule has 0 aliphatic carbocycles. The molecule has 2 saturated heterocycles. The summed E-state index contributed by atoms with van der Waals surface area (Å²) in [5.74, 6) is 0.291. The molecule has 116 valence electrons. The zero-order valence-corrected chi connectivity index (χ0v) is 13.2. The fraction of sp³-hybridized carbons (Fsp3) is 0.750. The molecule has 1 atom stereocenters. The Morgan fingerprint density at radius 3 is 2.86 bits per heavy atom. The van der Waals surface area contributed by atoms with Crippen LogP contribution in [-0.2, 0) is 18.3 Å². The zero-order valence-electron chi connectivity index (χ0n) is 13.2. The van der Waals surface area contributed by atoms with Crippen LogP contribution in [0.2, 0.25) is 0 Å². The van der Waals surface area contributed by atoms with Crippen LogP contribution in [0.4, 0.5) is 0 Å². The molecule has 0 unspecified atom stereocenters. The van der Waals surface area contributed by atoms with Crippen LogP contribution in [0.15, 0.2) is 12.4 Å². The van der Waals surface area contributed by atoms with Gasteiger partial charge in [-0.3, -0.25) is 14.4 Å². The molecule has 0 bridgehead atoms. The first-order valence-electron chi connectivity index (χ1n) is 8.14. The van der Waals surface area contributed by atoms with E-state index in [1.807, 2.05) is 24.3 Å². The average Bonchev–Trinajstić information content (AvgIpc) is 2.83. The van der Waals surface area contributed by atoms with Crippen molar-refractivity contribution in [2.24, 2.45) is 7.05 Å². The van der Waals surface area contributed by atoms with Gasteiger partial charge in [0.2, 0.25) is 5.91 Å². The van der Waals surface area contributed by atoms with E-state index in [2.05, 4.69) is 16.9 Å². The minimum atomic E-state index is 0.291. The molecule has 0 N–H and O–H groups in total.